The summed E-state index contributed by atoms with van der Waals surface area (Å²) in [5, 5.41) is 2.83. The highest BCUT2D eigenvalue weighted by atomic mass is 19.1. The number of halogens is 1. The average molecular weight is 305 g/mol. The van der Waals surface area contributed by atoms with Gasteiger partial charge in [-0.05, 0) is 37.5 Å². The Balaban J connectivity index is 1.78. The van der Waals surface area contributed by atoms with E-state index in [2.05, 4.69) is 5.32 Å². The lowest BCUT2D eigenvalue weighted by atomic mass is 9.66. The molecule has 1 aliphatic heterocycles. The Hall–Kier alpha value is -1.91. The predicted octanol–water partition coefficient (Wildman–Crippen LogP) is 2.56. The lowest BCUT2D eigenvalue weighted by Crippen LogP contribution is -2.53. The molecule has 0 radical (unpaired) electrons. The van der Waals surface area contributed by atoms with E-state index in [0.717, 1.165) is 5.56 Å². The smallest absolute Gasteiger partial charge is 0.313 e. The van der Waals surface area contributed by atoms with Gasteiger partial charge in [0.05, 0.1) is 5.41 Å². The van der Waals surface area contributed by atoms with Gasteiger partial charge in [0.2, 0.25) is 0 Å². The summed E-state index contributed by atoms with van der Waals surface area (Å²) in [6, 6.07) is 5.95. The first kappa shape index (κ1) is 15.0. The van der Waals surface area contributed by atoms with Gasteiger partial charge in [0.25, 0.3) is 5.91 Å². The number of carbonyl (C=O) groups excluding carboxylic acids is 2. The molecule has 4 nitrogen and oxygen atoms in total. The minimum Gasteiger partial charge on any atom is -0.448 e. The Bertz CT molecular complexity index is 640. The molecule has 1 aromatic carbocycles. The summed E-state index contributed by atoms with van der Waals surface area (Å²) >= 11 is 0. The van der Waals surface area contributed by atoms with Crippen molar-refractivity contribution >= 4 is 11.9 Å². The average Bonchev–Trinajstić information content (AvgIpc) is 2.77. The number of fused-ring (bicyclic) bond motifs is 2. The fraction of sp³-hybridized carbons (Fsp3) is 0.529. The normalized spacial score (nSPS) is 31.9. The van der Waals surface area contributed by atoms with Crippen LogP contribution in [-0.2, 0) is 20.9 Å². The summed E-state index contributed by atoms with van der Waals surface area (Å²) in [5.74, 6) is -0.872. The summed E-state index contributed by atoms with van der Waals surface area (Å²) < 4.78 is 18.4. The van der Waals surface area contributed by atoms with Crippen LogP contribution < -0.4 is 5.32 Å². The Morgan fingerprint density at radius 2 is 1.86 bits per heavy atom. The third-order valence-corrected chi connectivity index (χ3v) is 5.82. The third-order valence-electron chi connectivity index (χ3n) is 5.82. The van der Waals surface area contributed by atoms with Gasteiger partial charge in [0, 0.05) is 12.0 Å². The quantitative estimate of drug-likeness (QED) is 0.873. The number of carbonyl (C=O) groups is 2. The summed E-state index contributed by atoms with van der Waals surface area (Å²) in [7, 11) is 0. The minimum atomic E-state index is -1.10. The molecule has 2 atom stereocenters. The van der Waals surface area contributed by atoms with E-state index in [1.807, 2.05) is 20.8 Å². The maximum absolute atomic E-state index is 12.9. The molecule has 1 aromatic rings. The lowest BCUT2D eigenvalue weighted by molar-refractivity contribution is -0.168. The van der Waals surface area contributed by atoms with Crippen molar-refractivity contribution in [3.05, 3.63) is 35.6 Å². The summed E-state index contributed by atoms with van der Waals surface area (Å²) in [6.07, 6.45) is 1.19. The molecule has 118 valence electrons. The van der Waals surface area contributed by atoms with Crippen LogP contribution in [0, 0.1) is 16.6 Å². The molecule has 2 aliphatic rings. The van der Waals surface area contributed by atoms with Crippen molar-refractivity contribution in [2.24, 2.45) is 10.8 Å². The van der Waals surface area contributed by atoms with E-state index in [4.69, 9.17) is 4.74 Å². The van der Waals surface area contributed by atoms with E-state index in [9.17, 15) is 14.0 Å². The van der Waals surface area contributed by atoms with Crippen LogP contribution in [0.5, 0.6) is 0 Å². The number of benzene rings is 1. The van der Waals surface area contributed by atoms with E-state index in [1.165, 1.54) is 12.1 Å². The van der Waals surface area contributed by atoms with Gasteiger partial charge in [0.15, 0.2) is 5.60 Å². The Kier molecular flexibility index (Phi) is 3.10. The van der Waals surface area contributed by atoms with E-state index >= 15 is 0 Å². The van der Waals surface area contributed by atoms with Crippen LogP contribution >= 0.6 is 0 Å². The highest BCUT2D eigenvalue weighted by Crippen LogP contribution is 2.65. The van der Waals surface area contributed by atoms with Crippen molar-refractivity contribution in [3.63, 3.8) is 0 Å². The van der Waals surface area contributed by atoms with Gasteiger partial charge in [0.1, 0.15) is 5.82 Å². The SMILES string of the molecule is CC1(C)[C@@]2(C)CC[C@@]1(C(=O)NCc1ccc(F)cc1)OC2=O. The number of nitrogens with one attached hydrogen (secondary N) is 1. The van der Waals surface area contributed by atoms with Crippen LogP contribution in [0.25, 0.3) is 0 Å². The van der Waals surface area contributed by atoms with Crippen molar-refractivity contribution in [1.29, 1.82) is 0 Å². The van der Waals surface area contributed by atoms with Crippen molar-refractivity contribution in [2.45, 2.75) is 45.8 Å². The molecule has 5 heteroatoms. The van der Waals surface area contributed by atoms with Crippen molar-refractivity contribution in [3.8, 4) is 0 Å². The number of hydrogen-bond donors (Lipinski definition) is 1. The van der Waals surface area contributed by atoms with Crippen LogP contribution in [0.2, 0.25) is 0 Å². The fourth-order valence-electron chi connectivity index (χ4n) is 3.67. The molecule has 1 saturated carbocycles. The molecule has 3 rings (SSSR count). The first-order valence-electron chi connectivity index (χ1n) is 7.49. The first-order valence-corrected chi connectivity index (χ1v) is 7.49. The van der Waals surface area contributed by atoms with Crippen molar-refractivity contribution in [1.82, 2.24) is 5.32 Å². The van der Waals surface area contributed by atoms with Crippen LogP contribution in [0.1, 0.15) is 39.2 Å². The molecule has 1 amide bonds. The van der Waals surface area contributed by atoms with Gasteiger partial charge in [-0.15, -0.1) is 0 Å². The van der Waals surface area contributed by atoms with Gasteiger partial charge in [-0.3, -0.25) is 9.59 Å². The zero-order valence-electron chi connectivity index (χ0n) is 13.0. The molecule has 0 aromatic heterocycles. The number of amides is 1. The number of esters is 1. The van der Waals surface area contributed by atoms with E-state index < -0.39 is 16.4 Å². The zero-order chi connectivity index (χ0) is 16.2. The van der Waals surface area contributed by atoms with Crippen molar-refractivity contribution < 1.29 is 18.7 Å². The minimum absolute atomic E-state index is 0.267. The molecule has 2 bridgehead atoms. The monoisotopic (exact) mass is 305 g/mol. The molecule has 1 heterocycles. The summed E-state index contributed by atoms with van der Waals surface area (Å²) in [6.45, 7) is 5.99. The maximum Gasteiger partial charge on any atom is 0.313 e. The molecule has 1 saturated heterocycles. The first-order chi connectivity index (χ1) is 10.2. The standard InChI is InChI=1S/C17H20FNO3/c1-15(2)16(3)8-9-17(15,22-14(16)21)13(20)19-10-11-4-6-12(18)7-5-11/h4-7H,8-10H2,1-3H3,(H,19,20)/t16-,17-/m0/s1. The van der Waals surface area contributed by atoms with E-state index in [0.29, 0.717) is 12.8 Å². The van der Waals surface area contributed by atoms with Crippen molar-refractivity contribution in [2.75, 3.05) is 0 Å². The number of ether oxygens (including phenoxy) is 1. The van der Waals surface area contributed by atoms with Gasteiger partial charge < -0.3 is 10.1 Å². The highest BCUT2D eigenvalue weighted by molar-refractivity contribution is 5.96. The second kappa shape index (κ2) is 4.54. The van der Waals surface area contributed by atoms with Gasteiger partial charge in [-0.25, -0.2) is 4.39 Å². The van der Waals surface area contributed by atoms with Crippen LogP contribution in [0.3, 0.4) is 0 Å². The molecular formula is C17H20FNO3. The lowest BCUT2D eigenvalue weighted by Gasteiger charge is -2.35. The second-order valence-electron chi connectivity index (χ2n) is 6.98. The van der Waals surface area contributed by atoms with Gasteiger partial charge in [-0.2, -0.15) is 0 Å². The summed E-state index contributed by atoms with van der Waals surface area (Å²) in [4.78, 5) is 24.9. The topological polar surface area (TPSA) is 55.4 Å². The molecule has 22 heavy (non-hydrogen) atoms. The van der Waals surface area contributed by atoms with E-state index in [1.54, 1.807) is 12.1 Å². The molecule has 1 N–H and O–H groups in total. The second-order valence-corrected chi connectivity index (χ2v) is 6.98. The Morgan fingerprint density at radius 1 is 1.23 bits per heavy atom. The van der Waals surface area contributed by atoms with Crippen LogP contribution in [-0.4, -0.2) is 17.5 Å². The van der Waals surface area contributed by atoms with Crippen LogP contribution in [0.15, 0.2) is 24.3 Å². The molecule has 2 fully saturated rings. The molecular weight excluding hydrogens is 285 g/mol. The summed E-state index contributed by atoms with van der Waals surface area (Å²) in [5.41, 5.74) is -1.46. The number of hydrogen-bond acceptors (Lipinski definition) is 3. The maximum atomic E-state index is 12.9. The van der Waals surface area contributed by atoms with Gasteiger partial charge >= 0.3 is 5.97 Å². The molecule has 0 unspecified atom stereocenters. The third kappa shape index (κ3) is 1.74. The molecule has 0 spiro atoms. The largest absolute Gasteiger partial charge is 0.448 e. The Morgan fingerprint density at radius 3 is 2.36 bits per heavy atom. The number of rotatable bonds is 3. The van der Waals surface area contributed by atoms with E-state index in [-0.39, 0.29) is 24.2 Å². The highest BCUT2D eigenvalue weighted by Gasteiger charge is 2.75. The zero-order valence-corrected chi connectivity index (χ0v) is 13.0. The van der Waals surface area contributed by atoms with Gasteiger partial charge in [-0.1, -0.05) is 26.0 Å². The van der Waals surface area contributed by atoms with Crippen LogP contribution in [0.4, 0.5) is 4.39 Å². The molecule has 1 aliphatic carbocycles. The fourth-order valence-corrected chi connectivity index (χ4v) is 3.67. The Labute approximate surface area is 129 Å². The predicted molar refractivity (Wildman–Crippen MR) is 78.2 cm³/mol.